The molecule has 1 heterocycles. The smallest absolute Gasteiger partial charge is 0.410 e. The van der Waals surface area contributed by atoms with Crippen molar-refractivity contribution in [2.24, 2.45) is 0 Å². The van der Waals surface area contributed by atoms with E-state index in [0.717, 1.165) is 13.1 Å². The molecular formula is C20H32N2O4. The summed E-state index contributed by atoms with van der Waals surface area (Å²) in [7, 11) is 1.57. The number of aliphatic hydroxyl groups excluding tert-OH is 1. The number of hydrogen-bond donors (Lipinski definition) is 1. The van der Waals surface area contributed by atoms with E-state index in [0.29, 0.717) is 19.5 Å². The molecule has 2 atom stereocenters. The van der Waals surface area contributed by atoms with E-state index in [4.69, 9.17) is 9.47 Å². The molecule has 6 heteroatoms. The number of methoxy groups -OCH3 is 1. The van der Waals surface area contributed by atoms with Crippen molar-refractivity contribution in [2.45, 2.75) is 51.5 Å². The molecule has 1 amide bonds. The van der Waals surface area contributed by atoms with Gasteiger partial charge >= 0.3 is 6.09 Å². The number of carbonyl (C=O) groups excluding carboxylic acids is 1. The predicted octanol–water partition coefficient (Wildman–Crippen LogP) is 2.51. The third-order valence-electron chi connectivity index (χ3n) is 4.35. The monoisotopic (exact) mass is 364 g/mol. The maximum Gasteiger partial charge on any atom is 0.410 e. The first-order valence-electron chi connectivity index (χ1n) is 9.21. The topological polar surface area (TPSA) is 62.2 Å². The van der Waals surface area contributed by atoms with Crippen LogP contribution in [0.3, 0.4) is 0 Å². The average Bonchev–Trinajstić information content (AvgIpc) is 2.54. The molecule has 1 aliphatic heterocycles. The molecule has 0 spiro atoms. The summed E-state index contributed by atoms with van der Waals surface area (Å²) in [6.45, 7) is 8.77. The van der Waals surface area contributed by atoms with Crippen molar-refractivity contribution in [2.75, 3.05) is 33.4 Å². The highest BCUT2D eigenvalue weighted by Crippen LogP contribution is 2.20. The quantitative estimate of drug-likeness (QED) is 0.840. The minimum atomic E-state index is -0.605. The Kier molecular flexibility index (Phi) is 7.43. The highest BCUT2D eigenvalue weighted by molar-refractivity contribution is 5.68. The van der Waals surface area contributed by atoms with Crippen molar-refractivity contribution in [1.82, 2.24) is 9.80 Å². The van der Waals surface area contributed by atoms with E-state index in [9.17, 15) is 9.90 Å². The van der Waals surface area contributed by atoms with E-state index in [1.54, 1.807) is 12.0 Å². The van der Waals surface area contributed by atoms with Crippen LogP contribution in [0.2, 0.25) is 0 Å². The molecule has 1 aromatic carbocycles. The SMILES string of the molecule is COC[C@H](O)C[C@@H]1CN(Cc2ccccc2)CCN1C(=O)OC(C)(C)C. The molecule has 0 aromatic heterocycles. The lowest BCUT2D eigenvalue weighted by Gasteiger charge is -2.42. The van der Waals surface area contributed by atoms with Gasteiger partial charge in [-0.1, -0.05) is 30.3 Å². The normalized spacial score (nSPS) is 20.0. The summed E-state index contributed by atoms with van der Waals surface area (Å²) in [5.41, 5.74) is 0.711. The van der Waals surface area contributed by atoms with Crippen molar-refractivity contribution in [3.05, 3.63) is 35.9 Å². The van der Waals surface area contributed by atoms with Gasteiger partial charge in [0.15, 0.2) is 0 Å². The molecule has 1 saturated heterocycles. The lowest BCUT2D eigenvalue weighted by Crippen LogP contribution is -2.56. The van der Waals surface area contributed by atoms with Gasteiger partial charge < -0.3 is 19.5 Å². The molecule has 6 nitrogen and oxygen atoms in total. The third kappa shape index (κ3) is 6.59. The minimum absolute atomic E-state index is 0.104. The molecule has 26 heavy (non-hydrogen) atoms. The lowest BCUT2D eigenvalue weighted by molar-refractivity contribution is -0.0191. The maximum atomic E-state index is 12.6. The highest BCUT2D eigenvalue weighted by atomic mass is 16.6. The Morgan fingerprint density at radius 1 is 1.27 bits per heavy atom. The van der Waals surface area contributed by atoms with Gasteiger partial charge in [0.1, 0.15) is 5.60 Å². The maximum absolute atomic E-state index is 12.6. The second-order valence-electron chi connectivity index (χ2n) is 7.89. The minimum Gasteiger partial charge on any atom is -0.444 e. The summed E-state index contributed by atoms with van der Waals surface area (Å²) in [5, 5.41) is 10.2. The second-order valence-corrected chi connectivity index (χ2v) is 7.89. The predicted molar refractivity (Wildman–Crippen MR) is 101 cm³/mol. The fourth-order valence-corrected chi connectivity index (χ4v) is 3.24. The first-order chi connectivity index (χ1) is 12.3. The standard InChI is InChI=1S/C20H32N2O4/c1-20(2,3)26-19(24)22-11-10-21(13-16-8-6-5-7-9-16)14-17(22)12-18(23)15-25-4/h5-9,17-18,23H,10-15H2,1-4H3/t17-,18-/m1/s1. The molecule has 1 N–H and O–H groups in total. The van der Waals surface area contributed by atoms with Crippen LogP contribution in [0, 0.1) is 0 Å². The number of nitrogens with zero attached hydrogens (tertiary/aromatic N) is 2. The van der Waals surface area contributed by atoms with E-state index >= 15 is 0 Å². The van der Waals surface area contributed by atoms with Crippen LogP contribution in [0.4, 0.5) is 4.79 Å². The summed E-state index contributed by atoms with van der Waals surface area (Å²) >= 11 is 0. The largest absolute Gasteiger partial charge is 0.444 e. The average molecular weight is 364 g/mol. The van der Waals surface area contributed by atoms with Crippen LogP contribution >= 0.6 is 0 Å². The van der Waals surface area contributed by atoms with Crippen LogP contribution in [-0.4, -0.2) is 72.1 Å². The Morgan fingerprint density at radius 2 is 1.96 bits per heavy atom. The zero-order valence-electron chi connectivity index (χ0n) is 16.4. The Hall–Kier alpha value is -1.63. The fourth-order valence-electron chi connectivity index (χ4n) is 3.24. The van der Waals surface area contributed by atoms with E-state index in [-0.39, 0.29) is 18.7 Å². The van der Waals surface area contributed by atoms with Crippen molar-refractivity contribution < 1.29 is 19.4 Å². The molecule has 0 bridgehead atoms. The van der Waals surface area contributed by atoms with Gasteiger partial charge in [-0.25, -0.2) is 4.79 Å². The number of ether oxygens (including phenoxy) is 2. The van der Waals surface area contributed by atoms with Gasteiger partial charge in [-0.3, -0.25) is 4.90 Å². The molecule has 0 aliphatic carbocycles. The number of hydrogen-bond acceptors (Lipinski definition) is 5. The van der Waals surface area contributed by atoms with E-state index in [1.807, 2.05) is 39.0 Å². The van der Waals surface area contributed by atoms with Crippen molar-refractivity contribution in [1.29, 1.82) is 0 Å². The van der Waals surface area contributed by atoms with Crippen LogP contribution < -0.4 is 0 Å². The van der Waals surface area contributed by atoms with E-state index in [1.165, 1.54) is 5.56 Å². The van der Waals surface area contributed by atoms with Gasteiger partial charge in [0.25, 0.3) is 0 Å². The zero-order chi connectivity index (χ0) is 19.2. The fraction of sp³-hybridized carbons (Fsp3) is 0.650. The van der Waals surface area contributed by atoms with E-state index in [2.05, 4.69) is 17.0 Å². The van der Waals surface area contributed by atoms with Crippen LogP contribution in [0.1, 0.15) is 32.8 Å². The summed E-state index contributed by atoms with van der Waals surface area (Å²) < 4.78 is 10.6. The van der Waals surface area contributed by atoms with Crippen LogP contribution in [0.5, 0.6) is 0 Å². The molecular weight excluding hydrogens is 332 g/mol. The van der Waals surface area contributed by atoms with Crippen molar-refractivity contribution >= 4 is 6.09 Å². The number of carbonyl (C=O) groups is 1. The second kappa shape index (κ2) is 9.35. The van der Waals surface area contributed by atoms with Gasteiger partial charge in [-0.15, -0.1) is 0 Å². The number of rotatable bonds is 6. The Labute approximate surface area is 156 Å². The number of piperazine rings is 1. The van der Waals surface area contributed by atoms with Gasteiger partial charge in [-0.05, 0) is 32.8 Å². The highest BCUT2D eigenvalue weighted by Gasteiger charge is 2.34. The van der Waals surface area contributed by atoms with Gasteiger partial charge in [-0.2, -0.15) is 0 Å². The van der Waals surface area contributed by atoms with Gasteiger partial charge in [0.05, 0.1) is 18.8 Å². The van der Waals surface area contributed by atoms with Crippen LogP contribution in [0.15, 0.2) is 30.3 Å². The Balaban J connectivity index is 2.04. The molecule has 1 aromatic rings. The Bertz CT molecular complexity index is 559. The van der Waals surface area contributed by atoms with E-state index < -0.39 is 11.7 Å². The number of benzene rings is 1. The van der Waals surface area contributed by atoms with Gasteiger partial charge in [0, 0.05) is 33.3 Å². The van der Waals surface area contributed by atoms with Gasteiger partial charge in [0.2, 0.25) is 0 Å². The lowest BCUT2D eigenvalue weighted by atomic mass is 10.0. The summed E-state index contributed by atoms with van der Waals surface area (Å²) in [6.07, 6.45) is -0.448. The Morgan fingerprint density at radius 3 is 2.58 bits per heavy atom. The number of amides is 1. The number of aliphatic hydroxyl groups is 1. The summed E-state index contributed by atoms with van der Waals surface area (Å²) in [5.74, 6) is 0. The third-order valence-corrected chi connectivity index (χ3v) is 4.35. The van der Waals surface area contributed by atoms with Crippen LogP contribution in [-0.2, 0) is 16.0 Å². The molecule has 0 unspecified atom stereocenters. The molecule has 1 aliphatic rings. The first-order valence-corrected chi connectivity index (χ1v) is 9.21. The summed E-state index contributed by atoms with van der Waals surface area (Å²) in [6, 6.07) is 10.2. The molecule has 1 fully saturated rings. The molecule has 146 valence electrons. The molecule has 0 radical (unpaired) electrons. The molecule has 2 rings (SSSR count). The summed E-state index contributed by atoms with van der Waals surface area (Å²) in [4.78, 5) is 16.7. The first kappa shape index (κ1) is 20.7. The van der Waals surface area contributed by atoms with Crippen molar-refractivity contribution in [3.8, 4) is 0 Å². The zero-order valence-corrected chi connectivity index (χ0v) is 16.4. The van der Waals surface area contributed by atoms with Crippen molar-refractivity contribution in [3.63, 3.8) is 0 Å². The van der Waals surface area contributed by atoms with Crippen LogP contribution in [0.25, 0.3) is 0 Å². The molecule has 0 saturated carbocycles.